The molecule has 7 heteroatoms. The number of carbonyl (C=O) groups is 1. The van der Waals surface area contributed by atoms with E-state index in [4.69, 9.17) is 0 Å². The van der Waals surface area contributed by atoms with Gasteiger partial charge in [0.25, 0.3) is 0 Å². The third kappa shape index (κ3) is 5.07. The highest BCUT2D eigenvalue weighted by Crippen LogP contribution is 2.29. The molecule has 0 spiro atoms. The average Bonchev–Trinajstić information content (AvgIpc) is 3.19. The van der Waals surface area contributed by atoms with E-state index >= 15 is 0 Å². The molecule has 1 aromatic heterocycles. The topological polar surface area (TPSA) is 46.9 Å². The summed E-state index contributed by atoms with van der Waals surface area (Å²) in [6, 6.07) is 14.0. The molecule has 27 heavy (non-hydrogen) atoms. The minimum atomic E-state index is -4.37. The molecule has 0 aliphatic carbocycles. The third-order valence-electron chi connectivity index (χ3n) is 3.84. The quantitative estimate of drug-likeness (QED) is 0.683. The van der Waals surface area contributed by atoms with Crippen molar-refractivity contribution in [2.75, 3.05) is 0 Å². The summed E-state index contributed by atoms with van der Waals surface area (Å²) in [5.74, 6) is -0.328. The molecule has 3 rings (SSSR count). The molecular formula is C20H16F3N3O. The molecule has 0 atom stereocenters. The summed E-state index contributed by atoms with van der Waals surface area (Å²) in [7, 11) is 0. The molecule has 0 saturated carbocycles. The van der Waals surface area contributed by atoms with Gasteiger partial charge < -0.3 is 5.32 Å². The molecule has 3 aromatic rings. The summed E-state index contributed by atoms with van der Waals surface area (Å²) in [5, 5.41) is 6.87. The van der Waals surface area contributed by atoms with Gasteiger partial charge in [-0.05, 0) is 47.5 Å². The smallest absolute Gasteiger partial charge is 0.348 e. The molecule has 0 unspecified atom stereocenters. The third-order valence-corrected chi connectivity index (χ3v) is 3.84. The summed E-state index contributed by atoms with van der Waals surface area (Å²) in [5.41, 5.74) is 1.63. The van der Waals surface area contributed by atoms with Crippen molar-refractivity contribution in [2.24, 2.45) is 0 Å². The lowest BCUT2D eigenvalue weighted by Gasteiger charge is -2.06. The van der Waals surface area contributed by atoms with Gasteiger partial charge in [-0.15, -0.1) is 0 Å². The van der Waals surface area contributed by atoms with Gasteiger partial charge in [0, 0.05) is 25.0 Å². The Kier molecular flexibility index (Phi) is 5.40. The fourth-order valence-corrected chi connectivity index (χ4v) is 2.39. The predicted octanol–water partition coefficient (Wildman–Crippen LogP) is 4.22. The van der Waals surface area contributed by atoms with E-state index in [0.717, 1.165) is 23.4 Å². The second-order valence-corrected chi connectivity index (χ2v) is 5.79. The highest BCUT2D eigenvalue weighted by Gasteiger charge is 2.29. The molecule has 138 valence electrons. The highest BCUT2D eigenvalue weighted by atomic mass is 19.4. The Hall–Kier alpha value is -3.35. The Morgan fingerprint density at radius 3 is 2.37 bits per heavy atom. The molecule has 0 radical (unpaired) electrons. The maximum Gasteiger partial charge on any atom is 0.416 e. The zero-order chi connectivity index (χ0) is 19.3. The number of nitrogens with zero attached hydrogens (tertiary/aromatic N) is 2. The molecule has 2 aromatic carbocycles. The standard InChI is InChI=1S/C20H16F3N3O/c21-20(22,23)17-7-2-15(3-8-17)6-11-19(27)24-14-16-4-9-18(10-5-16)26-13-1-12-25-26/h1-13H,14H2,(H,24,27). The molecular weight excluding hydrogens is 355 g/mol. The number of hydrogen-bond donors (Lipinski definition) is 1. The molecule has 1 heterocycles. The second kappa shape index (κ2) is 7.90. The predicted molar refractivity (Wildman–Crippen MR) is 95.9 cm³/mol. The van der Waals surface area contributed by atoms with Crippen molar-refractivity contribution in [1.29, 1.82) is 0 Å². The van der Waals surface area contributed by atoms with Crippen molar-refractivity contribution in [3.8, 4) is 5.69 Å². The Morgan fingerprint density at radius 1 is 1.07 bits per heavy atom. The van der Waals surface area contributed by atoms with Crippen LogP contribution in [0, 0.1) is 0 Å². The van der Waals surface area contributed by atoms with Crippen LogP contribution in [-0.4, -0.2) is 15.7 Å². The van der Waals surface area contributed by atoms with E-state index in [1.807, 2.05) is 36.5 Å². The Balaban J connectivity index is 1.52. The first-order valence-electron chi connectivity index (χ1n) is 8.14. The molecule has 1 amide bonds. The minimum absolute atomic E-state index is 0.328. The van der Waals surface area contributed by atoms with Crippen LogP contribution in [0.4, 0.5) is 13.2 Å². The fraction of sp³-hybridized carbons (Fsp3) is 0.100. The van der Waals surface area contributed by atoms with E-state index in [9.17, 15) is 18.0 Å². The van der Waals surface area contributed by atoms with Crippen LogP contribution < -0.4 is 5.32 Å². The van der Waals surface area contributed by atoms with Crippen LogP contribution in [0.5, 0.6) is 0 Å². The molecule has 0 aliphatic heterocycles. The number of alkyl halides is 3. The maximum absolute atomic E-state index is 12.5. The Bertz CT molecular complexity index is 913. The first-order chi connectivity index (χ1) is 12.9. The van der Waals surface area contributed by atoms with Gasteiger partial charge in [0.15, 0.2) is 0 Å². The lowest BCUT2D eigenvalue weighted by molar-refractivity contribution is -0.137. The number of hydrogen-bond acceptors (Lipinski definition) is 2. The largest absolute Gasteiger partial charge is 0.416 e. The first-order valence-corrected chi connectivity index (χ1v) is 8.14. The average molecular weight is 371 g/mol. The van der Waals surface area contributed by atoms with Crippen LogP contribution in [0.1, 0.15) is 16.7 Å². The molecule has 0 fully saturated rings. The normalized spacial score (nSPS) is 11.7. The van der Waals surface area contributed by atoms with Crippen molar-refractivity contribution in [3.63, 3.8) is 0 Å². The zero-order valence-electron chi connectivity index (χ0n) is 14.1. The van der Waals surface area contributed by atoms with Gasteiger partial charge in [-0.3, -0.25) is 4.79 Å². The van der Waals surface area contributed by atoms with Crippen molar-refractivity contribution < 1.29 is 18.0 Å². The SMILES string of the molecule is O=C(C=Cc1ccc(C(F)(F)F)cc1)NCc1ccc(-n2cccn2)cc1. The molecule has 0 aliphatic rings. The van der Waals surface area contributed by atoms with Gasteiger partial charge in [-0.25, -0.2) is 4.68 Å². The number of rotatable bonds is 5. The van der Waals surface area contributed by atoms with E-state index in [0.29, 0.717) is 12.1 Å². The lowest BCUT2D eigenvalue weighted by atomic mass is 10.1. The number of aromatic nitrogens is 2. The van der Waals surface area contributed by atoms with Gasteiger partial charge in [-0.1, -0.05) is 24.3 Å². The minimum Gasteiger partial charge on any atom is -0.348 e. The molecule has 1 N–H and O–H groups in total. The van der Waals surface area contributed by atoms with Crippen LogP contribution in [0.25, 0.3) is 11.8 Å². The Morgan fingerprint density at radius 2 is 1.78 bits per heavy atom. The van der Waals surface area contributed by atoms with Crippen molar-refractivity contribution in [1.82, 2.24) is 15.1 Å². The van der Waals surface area contributed by atoms with Gasteiger partial charge in [0.1, 0.15) is 0 Å². The van der Waals surface area contributed by atoms with Crippen LogP contribution in [-0.2, 0) is 17.5 Å². The molecule has 4 nitrogen and oxygen atoms in total. The number of amides is 1. The lowest BCUT2D eigenvalue weighted by Crippen LogP contribution is -2.20. The summed E-state index contributed by atoms with van der Waals surface area (Å²) >= 11 is 0. The van der Waals surface area contributed by atoms with Crippen LogP contribution in [0.2, 0.25) is 0 Å². The fourth-order valence-electron chi connectivity index (χ4n) is 2.39. The van der Waals surface area contributed by atoms with E-state index in [1.165, 1.54) is 24.3 Å². The monoisotopic (exact) mass is 371 g/mol. The molecule has 0 saturated heterocycles. The maximum atomic E-state index is 12.5. The number of carbonyl (C=O) groups excluding carboxylic acids is 1. The highest BCUT2D eigenvalue weighted by molar-refractivity contribution is 5.91. The molecule has 0 bridgehead atoms. The summed E-state index contributed by atoms with van der Waals surface area (Å²) < 4.78 is 39.3. The summed E-state index contributed by atoms with van der Waals surface area (Å²) in [6.07, 6.45) is 1.92. The number of nitrogens with one attached hydrogen (secondary N) is 1. The second-order valence-electron chi connectivity index (χ2n) is 5.79. The van der Waals surface area contributed by atoms with E-state index < -0.39 is 11.7 Å². The van der Waals surface area contributed by atoms with E-state index in [1.54, 1.807) is 10.9 Å². The van der Waals surface area contributed by atoms with Crippen molar-refractivity contribution >= 4 is 12.0 Å². The Labute approximate surface area is 153 Å². The summed E-state index contributed by atoms with van der Waals surface area (Å²) in [6.45, 7) is 0.343. The van der Waals surface area contributed by atoms with E-state index in [-0.39, 0.29) is 5.91 Å². The van der Waals surface area contributed by atoms with Gasteiger partial charge in [0.05, 0.1) is 11.3 Å². The summed E-state index contributed by atoms with van der Waals surface area (Å²) in [4.78, 5) is 11.9. The van der Waals surface area contributed by atoms with Crippen LogP contribution >= 0.6 is 0 Å². The number of benzene rings is 2. The van der Waals surface area contributed by atoms with Crippen molar-refractivity contribution in [3.05, 3.63) is 89.8 Å². The first kappa shape index (κ1) is 18.4. The van der Waals surface area contributed by atoms with Crippen LogP contribution in [0.15, 0.2) is 73.1 Å². The zero-order valence-corrected chi connectivity index (χ0v) is 14.1. The van der Waals surface area contributed by atoms with Gasteiger partial charge in [-0.2, -0.15) is 18.3 Å². The van der Waals surface area contributed by atoms with E-state index in [2.05, 4.69) is 10.4 Å². The van der Waals surface area contributed by atoms with Gasteiger partial charge >= 0.3 is 6.18 Å². The number of halogens is 3. The van der Waals surface area contributed by atoms with Crippen molar-refractivity contribution in [2.45, 2.75) is 12.7 Å². The van der Waals surface area contributed by atoms with Gasteiger partial charge in [0.2, 0.25) is 5.91 Å². The van der Waals surface area contributed by atoms with Crippen LogP contribution in [0.3, 0.4) is 0 Å².